The van der Waals surface area contributed by atoms with E-state index in [4.69, 9.17) is 5.73 Å². The summed E-state index contributed by atoms with van der Waals surface area (Å²) >= 11 is 0. The Morgan fingerprint density at radius 3 is 2.47 bits per heavy atom. The maximum absolute atomic E-state index is 6.39. The molecule has 3 unspecified atom stereocenters. The molecule has 2 N–H and O–H groups in total. The third-order valence-electron chi connectivity index (χ3n) is 4.59. The Labute approximate surface area is 118 Å². The van der Waals surface area contributed by atoms with Gasteiger partial charge in [-0.2, -0.15) is 0 Å². The second-order valence-corrected chi connectivity index (χ2v) is 6.08. The van der Waals surface area contributed by atoms with E-state index in [9.17, 15) is 0 Å². The molecule has 2 nitrogen and oxygen atoms in total. The molecule has 1 fully saturated rings. The van der Waals surface area contributed by atoms with Crippen LogP contribution in [0.1, 0.15) is 51.5 Å². The molecule has 3 atom stereocenters. The summed E-state index contributed by atoms with van der Waals surface area (Å²) in [5, 5.41) is 0. The highest BCUT2D eigenvalue weighted by Crippen LogP contribution is 2.35. The van der Waals surface area contributed by atoms with Crippen LogP contribution in [0.25, 0.3) is 0 Å². The highest BCUT2D eigenvalue weighted by atomic mass is 15.2. The van der Waals surface area contributed by atoms with E-state index in [-0.39, 0.29) is 0 Å². The van der Waals surface area contributed by atoms with E-state index >= 15 is 0 Å². The molecule has 0 bridgehead atoms. The highest BCUT2D eigenvalue weighted by Gasteiger charge is 2.33. The third kappa shape index (κ3) is 3.37. The van der Waals surface area contributed by atoms with Crippen molar-refractivity contribution < 1.29 is 0 Å². The van der Waals surface area contributed by atoms with Crippen LogP contribution in [0.4, 0.5) is 0 Å². The molecule has 0 saturated heterocycles. The van der Waals surface area contributed by atoms with Crippen LogP contribution in [-0.4, -0.2) is 29.6 Å². The minimum absolute atomic E-state index is 0.335. The molecule has 0 heterocycles. The SMILES string of the molecule is CCN(C(C)C)C1CC(c2ccccc2)CCC1N. The Morgan fingerprint density at radius 1 is 1.21 bits per heavy atom. The maximum atomic E-state index is 6.39. The average molecular weight is 260 g/mol. The quantitative estimate of drug-likeness (QED) is 0.899. The first-order valence-electron chi connectivity index (χ1n) is 7.69. The van der Waals surface area contributed by atoms with Gasteiger partial charge in [0.15, 0.2) is 0 Å². The second kappa shape index (κ2) is 6.53. The summed E-state index contributed by atoms with van der Waals surface area (Å²) in [6.45, 7) is 7.90. The molecular weight excluding hydrogens is 232 g/mol. The lowest BCUT2D eigenvalue weighted by Gasteiger charge is -2.43. The van der Waals surface area contributed by atoms with Crippen LogP contribution >= 0.6 is 0 Å². The van der Waals surface area contributed by atoms with Crippen molar-refractivity contribution in [3.8, 4) is 0 Å². The fourth-order valence-corrected chi connectivity index (χ4v) is 3.56. The summed E-state index contributed by atoms with van der Waals surface area (Å²) in [6.07, 6.45) is 3.59. The van der Waals surface area contributed by atoms with Gasteiger partial charge in [-0.3, -0.25) is 4.90 Å². The van der Waals surface area contributed by atoms with Crippen LogP contribution in [0.3, 0.4) is 0 Å². The minimum atomic E-state index is 0.335. The van der Waals surface area contributed by atoms with Gasteiger partial charge in [-0.15, -0.1) is 0 Å². The maximum Gasteiger partial charge on any atom is 0.0255 e. The topological polar surface area (TPSA) is 29.3 Å². The van der Waals surface area contributed by atoms with Crippen LogP contribution in [-0.2, 0) is 0 Å². The predicted molar refractivity (Wildman–Crippen MR) is 82.3 cm³/mol. The summed E-state index contributed by atoms with van der Waals surface area (Å²) in [4.78, 5) is 2.57. The largest absolute Gasteiger partial charge is 0.326 e. The van der Waals surface area contributed by atoms with Crippen molar-refractivity contribution in [1.29, 1.82) is 0 Å². The van der Waals surface area contributed by atoms with Crippen molar-refractivity contribution in [1.82, 2.24) is 4.90 Å². The number of nitrogens with two attached hydrogens (primary N) is 1. The van der Waals surface area contributed by atoms with Crippen molar-refractivity contribution in [2.45, 2.75) is 64.1 Å². The van der Waals surface area contributed by atoms with Crippen molar-refractivity contribution in [2.24, 2.45) is 5.73 Å². The van der Waals surface area contributed by atoms with Crippen molar-refractivity contribution in [3.63, 3.8) is 0 Å². The number of likely N-dealkylation sites (N-methyl/N-ethyl adjacent to an activating group) is 1. The van der Waals surface area contributed by atoms with Gasteiger partial charge >= 0.3 is 0 Å². The fraction of sp³-hybridized carbons (Fsp3) is 0.647. The highest BCUT2D eigenvalue weighted by molar-refractivity contribution is 5.21. The van der Waals surface area contributed by atoms with Crippen LogP contribution in [0.2, 0.25) is 0 Å². The Hall–Kier alpha value is -0.860. The van der Waals surface area contributed by atoms with Gasteiger partial charge < -0.3 is 5.73 Å². The normalized spacial score (nSPS) is 28.0. The Morgan fingerprint density at radius 2 is 1.89 bits per heavy atom. The van der Waals surface area contributed by atoms with Crippen LogP contribution in [0, 0.1) is 0 Å². The molecule has 19 heavy (non-hydrogen) atoms. The van der Waals surface area contributed by atoms with Gasteiger partial charge in [0, 0.05) is 18.1 Å². The molecule has 0 radical (unpaired) electrons. The van der Waals surface area contributed by atoms with Gasteiger partial charge in [0.05, 0.1) is 0 Å². The summed E-state index contributed by atoms with van der Waals surface area (Å²) in [7, 11) is 0. The molecule has 1 saturated carbocycles. The standard InChI is InChI=1S/C17H28N2/c1-4-19(13(2)3)17-12-15(10-11-16(17)18)14-8-6-5-7-9-14/h5-9,13,15-17H,4,10-12,18H2,1-3H3. The molecule has 0 aromatic heterocycles. The predicted octanol–water partition coefficient (Wildman–Crippen LogP) is 3.38. The van der Waals surface area contributed by atoms with Gasteiger partial charge in [-0.1, -0.05) is 37.3 Å². The van der Waals surface area contributed by atoms with Crippen molar-refractivity contribution in [2.75, 3.05) is 6.54 Å². The molecule has 1 aliphatic rings. The summed E-state index contributed by atoms with van der Waals surface area (Å²) in [5.74, 6) is 0.679. The van der Waals surface area contributed by atoms with Gasteiger partial charge in [0.1, 0.15) is 0 Å². The summed E-state index contributed by atoms with van der Waals surface area (Å²) in [6, 6.07) is 12.4. The zero-order valence-corrected chi connectivity index (χ0v) is 12.5. The lowest BCUT2D eigenvalue weighted by atomic mass is 9.78. The number of nitrogens with zero attached hydrogens (tertiary/aromatic N) is 1. The van der Waals surface area contributed by atoms with Crippen LogP contribution in [0.5, 0.6) is 0 Å². The summed E-state index contributed by atoms with van der Waals surface area (Å²) in [5.41, 5.74) is 7.88. The van der Waals surface area contributed by atoms with Crippen molar-refractivity contribution >= 4 is 0 Å². The van der Waals surface area contributed by atoms with E-state index < -0.39 is 0 Å². The Bertz CT molecular complexity index is 374. The molecule has 2 rings (SSSR count). The van der Waals surface area contributed by atoms with Gasteiger partial charge in [0.25, 0.3) is 0 Å². The van der Waals surface area contributed by atoms with Crippen LogP contribution in [0.15, 0.2) is 30.3 Å². The number of hydrogen-bond acceptors (Lipinski definition) is 2. The number of rotatable bonds is 4. The third-order valence-corrected chi connectivity index (χ3v) is 4.59. The monoisotopic (exact) mass is 260 g/mol. The van der Waals surface area contributed by atoms with Gasteiger partial charge in [0.2, 0.25) is 0 Å². The molecule has 1 aromatic carbocycles. The summed E-state index contributed by atoms with van der Waals surface area (Å²) < 4.78 is 0. The van der Waals surface area contributed by atoms with E-state index in [1.165, 1.54) is 18.4 Å². The number of hydrogen-bond donors (Lipinski definition) is 1. The zero-order valence-electron chi connectivity index (χ0n) is 12.5. The van der Waals surface area contributed by atoms with E-state index in [2.05, 4.69) is 56.0 Å². The molecule has 0 aliphatic heterocycles. The Kier molecular flexibility index (Phi) is 5.00. The molecule has 0 amide bonds. The molecule has 106 valence electrons. The molecule has 1 aromatic rings. The molecule has 1 aliphatic carbocycles. The molecule has 0 spiro atoms. The van der Waals surface area contributed by atoms with E-state index in [0.29, 0.717) is 24.0 Å². The first-order chi connectivity index (χ1) is 9.13. The van der Waals surface area contributed by atoms with Crippen molar-refractivity contribution in [3.05, 3.63) is 35.9 Å². The van der Waals surface area contributed by atoms with E-state index in [1.54, 1.807) is 0 Å². The van der Waals surface area contributed by atoms with Gasteiger partial charge in [-0.05, 0) is 51.1 Å². The number of benzene rings is 1. The smallest absolute Gasteiger partial charge is 0.0255 e. The average Bonchev–Trinajstić information content (AvgIpc) is 2.42. The first kappa shape index (κ1) is 14.5. The van der Waals surface area contributed by atoms with E-state index in [1.807, 2.05) is 0 Å². The molecule has 2 heteroatoms. The lowest BCUT2D eigenvalue weighted by molar-refractivity contribution is 0.103. The minimum Gasteiger partial charge on any atom is -0.326 e. The van der Waals surface area contributed by atoms with E-state index in [0.717, 1.165) is 13.0 Å². The Balaban J connectivity index is 2.12. The van der Waals surface area contributed by atoms with Gasteiger partial charge in [-0.25, -0.2) is 0 Å². The zero-order chi connectivity index (χ0) is 13.8. The first-order valence-corrected chi connectivity index (χ1v) is 7.69. The lowest BCUT2D eigenvalue weighted by Crippen LogP contribution is -2.53. The fourth-order valence-electron chi connectivity index (χ4n) is 3.56. The molecular formula is C17H28N2. The second-order valence-electron chi connectivity index (χ2n) is 6.08. The van der Waals surface area contributed by atoms with Crippen LogP contribution < -0.4 is 5.73 Å².